The van der Waals surface area contributed by atoms with Gasteiger partial charge in [0.2, 0.25) is 0 Å². The monoisotopic (exact) mass is 355 g/mol. The molecule has 1 aromatic heterocycles. The maximum Gasteiger partial charge on any atom is 0.417 e. The number of nitrogens with one attached hydrogen (secondary N) is 1. The molecule has 0 saturated carbocycles. The molecule has 0 amide bonds. The molecule has 1 N–H and O–H groups in total. The molecule has 2 aromatic rings. The molecule has 0 aliphatic carbocycles. The smallest absolute Gasteiger partial charge is 0.358 e. The molecule has 2 unspecified atom stereocenters. The molecule has 24 heavy (non-hydrogen) atoms. The highest BCUT2D eigenvalue weighted by atomic mass is 32.2. The van der Waals surface area contributed by atoms with Gasteiger partial charge in [-0.3, -0.25) is 4.21 Å². The minimum atomic E-state index is -4.44. The van der Waals surface area contributed by atoms with Gasteiger partial charge in [0, 0.05) is 29.5 Å². The van der Waals surface area contributed by atoms with E-state index >= 15 is 0 Å². The van der Waals surface area contributed by atoms with Crippen LogP contribution in [0.3, 0.4) is 0 Å². The van der Waals surface area contributed by atoms with Crippen molar-refractivity contribution in [1.29, 1.82) is 0 Å². The Labute approximate surface area is 140 Å². The molecular weight excluding hydrogens is 339 g/mol. The largest absolute Gasteiger partial charge is 0.417 e. The molecule has 8 heteroatoms. The molecule has 0 bridgehead atoms. The first-order chi connectivity index (χ1) is 11.3. The van der Waals surface area contributed by atoms with E-state index in [1.165, 1.54) is 0 Å². The lowest BCUT2D eigenvalue weighted by Gasteiger charge is -2.23. The van der Waals surface area contributed by atoms with E-state index < -0.39 is 28.7 Å². The standard InChI is InChI=1S/C16H16F3N3OS/c1-3-24(23)13-7-5-4-6-11(13)14-21-12-8-10(16(17,18)19)9-20-15(12)22(14)2/h4-9,14,21H,3H2,1-2H3. The van der Waals surface area contributed by atoms with E-state index in [1.807, 2.05) is 19.1 Å². The van der Waals surface area contributed by atoms with Gasteiger partial charge in [0.25, 0.3) is 0 Å². The van der Waals surface area contributed by atoms with E-state index in [-0.39, 0.29) is 0 Å². The minimum absolute atomic E-state index is 0.314. The van der Waals surface area contributed by atoms with Crippen molar-refractivity contribution in [3.63, 3.8) is 0 Å². The Hall–Kier alpha value is -2.09. The first kappa shape index (κ1) is 16.8. The summed E-state index contributed by atoms with van der Waals surface area (Å²) in [6.45, 7) is 1.82. The van der Waals surface area contributed by atoms with Crippen LogP contribution in [0.5, 0.6) is 0 Å². The topological polar surface area (TPSA) is 45.2 Å². The van der Waals surface area contributed by atoms with Crippen LogP contribution in [0, 0.1) is 0 Å². The van der Waals surface area contributed by atoms with Crippen molar-refractivity contribution in [3.8, 4) is 0 Å². The van der Waals surface area contributed by atoms with E-state index in [2.05, 4.69) is 10.3 Å². The first-order valence-electron chi connectivity index (χ1n) is 7.37. The second-order valence-corrected chi connectivity index (χ2v) is 7.13. The summed E-state index contributed by atoms with van der Waals surface area (Å²) < 4.78 is 50.9. The van der Waals surface area contributed by atoms with Crippen molar-refractivity contribution in [2.45, 2.75) is 24.2 Å². The Kier molecular flexibility index (Phi) is 4.25. The van der Waals surface area contributed by atoms with Crippen LogP contribution >= 0.6 is 0 Å². The van der Waals surface area contributed by atoms with Gasteiger partial charge in [0.1, 0.15) is 6.17 Å². The van der Waals surface area contributed by atoms with E-state index in [4.69, 9.17) is 0 Å². The zero-order valence-electron chi connectivity index (χ0n) is 13.1. The third-order valence-corrected chi connectivity index (χ3v) is 5.32. The first-order valence-corrected chi connectivity index (χ1v) is 8.68. The molecule has 1 aliphatic heterocycles. The van der Waals surface area contributed by atoms with Gasteiger partial charge in [-0.1, -0.05) is 25.1 Å². The normalized spacial score (nSPS) is 18.2. The number of alkyl halides is 3. The average Bonchev–Trinajstić information content (AvgIpc) is 2.89. The van der Waals surface area contributed by atoms with Gasteiger partial charge in [-0.15, -0.1) is 0 Å². The number of rotatable bonds is 3. The predicted molar refractivity (Wildman–Crippen MR) is 87.4 cm³/mol. The number of benzene rings is 1. The molecule has 4 nitrogen and oxygen atoms in total. The Balaban J connectivity index is 2.00. The number of nitrogens with zero attached hydrogens (tertiary/aromatic N) is 2. The molecule has 2 heterocycles. The van der Waals surface area contributed by atoms with Crippen molar-refractivity contribution >= 4 is 22.3 Å². The Morgan fingerprint density at radius 1 is 1.33 bits per heavy atom. The van der Waals surface area contributed by atoms with E-state index in [0.29, 0.717) is 22.2 Å². The summed E-state index contributed by atoms with van der Waals surface area (Å²) in [5.41, 5.74) is 0.286. The third kappa shape index (κ3) is 2.86. The molecule has 0 radical (unpaired) electrons. The van der Waals surface area contributed by atoms with Crippen LogP contribution in [0.25, 0.3) is 0 Å². The fourth-order valence-electron chi connectivity index (χ4n) is 2.72. The van der Waals surface area contributed by atoms with Gasteiger partial charge in [-0.05, 0) is 12.1 Å². The van der Waals surface area contributed by atoms with Crippen LogP contribution < -0.4 is 10.2 Å². The maximum atomic E-state index is 12.9. The minimum Gasteiger partial charge on any atom is -0.358 e. The highest BCUT2D eigenvalue weighted by Gasteiger charge is 2.36. The summed E-state index contributed by atoms with van der Waals surface area (Å²) in [5.74, 6) is 0.904. The number of anilines is 2. The number of aromatic nitrogens is 1. The average molecular weight is 355 g/mol. The van der Waals surface area contributed by atoms with Crippen molar-refractivity contribution in [2.75, 3.05) is 23.0 Å². The second kappa shape index (κ2) is 6.08. The van der Waals surface area contributed by atoms with Crippen LogP contribution in [0.2, 0.25) is 0 Å². The number of hydrogen-bond donors (Lipinski definition) is 1. The quantitative estimate of drug-likeness (QED) is 0.910. The number of pyridine rings is 1. The molecule has 1 aromatic carbocycles. The van der Waals surface area contributed by atoms with Crippen LogP contribution in [0.15, 0.2) is 41.4 Å². The number of fused-ring (bicyclic) bond motifs is 1. The Morgan fingerprint density at radius 2 is 2.04 bits per heavy atom. The van der Waals surface area contributed by atoms with Gasteiger partial charge in [-0.2, -0.15) is 13.2 Å². The molecule has 128 valence electrons. The summed E-state index contributed by atoms with van der Waals surface area (Å²) in [4.78, 5) is 6.37. The fraction of sp³-hybridized carbons (Fsp3) is 0.312. The zero-order valence-corrected chi connectivity index (χ0v) is 13.9. The molecule has 1 aliphatic rings. The van der Waals surface area contributed by atoms with Gasteiger partial charge in [0.15, 0.2) is 5.82 Å². The SMILES string of the molecule is CCS(=O)c1ccccc1C1Nc2cc(C(F)(F)F)cnc2N1C. The van der Waals surface area contributed by atoms with Gasteiger partial charge in [0.05, 0.1) is 22.1 Å². The van der Waals surface area contributed by atoms with E-state index in [0.717, 1.165) is 17.8 Å². The summed E-state index contributed by atoms with van der Waals surface area (Å²) in [6.07, 6.45) is -4.03. The van der Waals surface area contributed by atoms with Crippen molar-refractivity contribution in [1.82, 2.24) is 4.98 Å². The Morgan fingerprint density at radius 3 is 2.71 bits per heavy atom. The number of hydrogen-bond acceptors (Lipinski definition) is 4. The van der Waals surface area contributed by atoms with Gasteiger partial charge < -0.3 is 10.2 Å². The van der Waals surface area contributed by atoms with Gasteiger partial charge >= 0.3 is 6.18 Å². The second-order valence-electron chi connectivity index (χ2n) is 5.42. The lowest BCUT2D eigenvalue weighted by Crippen LogP contribution is -2.25. The molecule has 0 saturated heterocycles. The molecule has 3 rings (SSSR count). The van der Waals surface area contributed by atoms with Crippen molar-refractivity contribution in [3.05, 3.63) is 47.7 Å². The summed E-state index contributed by atoms with van der Waals surface area (Å²) in [7, 11) is 0.582. The van der Waals surface area contributed by atoms with Crippen LogP contribution in [0.4, 0.5) is 24.7 Å². The molecule has 0 fully saturated rings. The van der Waals surface area contributed by atoms with E-state index in [1.54, 1.807) is 24.1 Å². The van der Waals surface area contributed by atoms with Crippen LogP contribution in [-0.2, 0) is 17.0 Å². The maximum absolute atomic E-state index is 12.9. The van der Waals surface area contributed by atoms with Crippen molar-refractivity contribution < 1.29 is 17.4 Å². The summed E-state index contributed by atoms with van der Waals surface area (Å²) >= 11 is 0. The highest BCUT2D eigenvalue weighted by Crippen LogP contribution is 2.42. The summed E-state index contributed by atoms with van der Waals surface area (Å²) in [6, 6.07) is 8.28. The van der Waals surface area contributed by atoms with Gasteiger partial charge in [-0.25, -0.2) is 4.98 Å². The van der Waals surface area contributed by atoms with E-state index in [9.17, 15) is 17.4 Å². The predicted octanol–water partition coefficient (Wildman–Crippen LogP) is 3.79. The van der Waals surface area contributed by atoms with Crippen molar-refractivity contribution in [2.24, 2.45) is 0 Å². The highest BCUT2D eigenvalue weighted by molar-refractivity contribution is 7.85. The van der Waals surface area contributed by atoms with Crippen LogP contribution in [0.1, 0.15) is 24.2 Å². The zero-order chi connectivity index (χ0) is 17.5. The number of halogens is 3. The fourth-order valence-corrected chi connectivity index (χ4v) is 3.71. The molecule has 0 spiro atoms. The molecular formula is C16H16F3N3OS. The lowest BCUT2D eigenvalue weighted by atomic mass is 10.1. The lowest BCUT2D eigenvalue weighted by molar-refractivity contribution is -0.137. The molecule has 2 atom stereocenters. The third-order valence-electron chi connectivity index (χ3n) is 3.93. The Bertz CT molecular complexity index is 794. The summed E-state index contributed by atoms with van der Waals surface area (Å²) in [5, 5.41) is 3.06. The van der Waals surface area contributed by atoms with Crippen LogP contribution in [-0.4, -0.2) is 22.0 Å².